The molecule has 6 N–H and O–H groups in total. The Labute approximate surface area is 221 Å². The fraction of sp³-hybridized carbons (Fsp3) is 0.261. The number of hydrogen-bond donors (Lipinski definition) is 5. The maximum atomic E-state index is 11.7. The van der Waals surface area contributed by atoms with E-state index in [4.69, 9.17) is 19.8 Å². The molecule has 4 aromatic rings. The number of pyridine rings is 1. The number of rotatable bonds is 11. The largest absolute Gasteiger partial charge is 0.524 e. The smallest absolute Gasteiger partial charge is 0.404 e. The number of phosphoric ester groups is 2. The van der Waals surface area contributed by atoms with Gasteiger partial charge in [0.1, 0.15) is 22.8 Å². The van der Waals surface area contributed by atoms with Gasteiger partial charge in [0, 0.05) is 17.4 Å². The monoisotopic (exact) mass is 577 g/mol. The van der Waals surface area contributed by atoms with Crippen molar-refractivity contribution in [2.24, 2.45) is 4.99 Å². The molecule has 39 heavy (non-hydrogen) atoms. The summed E-state index contributed by atoms with van der Waals surface area (Å²) in [6, 6.07) is 8.74. The molecule has 0 spiro atoms. The third-order valence-electron chi connectivity index (χ3n) is 5.73. The summed E-state index contributed by atoms with van der Waals surface area (Å²) in [5.74, 6) is 0.290. The van der Waals surface area contributed by atoms with Crippen molar-refractivity contribution in [3.63, 3.8) is 0 Å². The number of aliphatic imine (C=N–C) groups is 1. The zero-order chi connectivity index (χ0) is 28.4. The average Bonchev–Trinajstić information content (AvgIpc) is 3.20. The summed E-state index contributed by atoms with van der Waals surface area (Å²) in [6.45, 7) is 2.01. The highest BCUT2D eigenvalue weighted by atomic mass is 31.2. The number of unbranched alkanes of at least 4 members (excludes halogenated alkanes) is 1. The molecule has 0 aliphatic carbocycles. The first-order valence-corrected chi connectivity index (χ1v) is 14.7. The first kappa shape index (κ1) is 28.4. The molecule has 16 heteroatoms. The summed E-state index contributed by atoms with van der Waals surface area (Å²) in [4.78, 5) is 60.9. The third kappa shape index (κ3) is 6.89. The Morgan fingerprint density at radius 1 is 1.05 bits per heavy atom. The van der Waals surface area contributed by atoms with E-state index in [1.807, 2.05) is 6.92 Å². The van der Waals surface area contributed by atoms with Gasteiger partial charge in [0.2, 0.25) is 6.08 Å². The van der Waals surface area contributed by atoms with E-state index >= 15 is 0 Å². The van der Waals surface area contributed by atoms with Gasteiger partial charge in [-0.3, -0.25) is 19.6 Å². The minimum Gasteiger partial charge on any atom is -0.404 e. The minimum absolute atomic E-state index is 0.0848. The molecule has 2 aromatic carbocycles. The van der Waals surface area contributed by atoms with E-state index in [9.17, 15) is 33.5 Å². The van der Waals surface area contributed by atoms with Gasteiger partial charge in [-0.15, -0.1) is 0 Å². The molecule has 14 nitrogen and oxygen atoms in total. The number of benzene rings is 2. The summed E-state index contributed by atoms with van der Waals surface area (Å²) >= 11 is 0. The van der Waals surface area contributed by atoms with E-state index in [2.05, 4.69) is 9.98 Å². The normalized spacial score (nSPS) is 12.0. The quantitative estimate of drug-likeness (QED) is 0.0984. The van der Waals surface area contributed by atoms with Gasteiger partial charge >= 0.3 is 15.6 Å². The summed E-state index contributed by atoms with van der Waals surface area (Å²) in [5.41, 5.74) is 8.59. The molecule has 0 bridgehead atoms. The number of nitrogens with zero attached hydrogens (tertiary/aromatic N) is 4. The zero-order valence-corrected chi connectivity index (χ0v) is 22.4. The summed E-state index contributed by atoms with van der Waals surface area (Å²) in [7, 11) is -9.92. The second-order valence-corrected chi connectivity index (χ2v) is 10.9. The predicted octanol–water partition coefficient (Wildman–Crippen LogP) is 3.34. The Morgan fingerprint density at radius 3 is 2.46 bits per heavy atom. The lowest BCUT2D eigenvalue weighted by atomic mass is 10.1. The van der Waals surface area contributed by atoms with Crippen molar-refractivity contribution in [3.8, 4) is 11.5 Å². The van der Waals surface area contributed by atoms with Gasteiger partial charge in [0.25, 0.3) is 0 Å². The molecule has 0 unspecified atom stereocenters. The van der Waals surface area contributed by atoms with E-state index in [1.54, 1.807) is 22.8 Å². The third-order valence-corrected chi connectivity index (χ3v) is 6.61. The van der Waals surface area contributed by atoms with Gasteiger partial charge in [0.15, 0.2) is 5.82 Å². The number of aromatic nitrogens is 3. The van der Waals surface area contributed by atoms with Crippen molar-refractivity contribution in [1.82, 2.24) is 14.5 Å². The van der Waals surface area contributed by atoms with Crippen LogP contribution in [0.4, 0.5) is 5.82 Å². The summed E-state index contributed by atoms with van der Waals surface area (Å²) in [6.07, 6.45) is 3.64. The molecule has 4 rings (SSSR count). The van der Waals surface area contributed by atoms with Crippen LogP contribution in [0.1, 0.15) is 36.7 Å². The number of nitrogen functional groups attached to an aromatic ring is 1. The van der Waals surface area contributed by atoms with Crippen LogP contribution in [-0.4, -0.2) is 40.2 Å². The Balaban J connectivity index is 1.97. The molecule has 0 radical (unpaired) electrons. The van der Waals surface area contributed by atoms with E-state index in [1.165, 1.54) is 12.1 Å². The number of hydrogen-bond acceptors (Lipinski definition) is 9. The van der Waals surface area contributed by atoms with E-state index in [-0.39, 0.29) is 36.0 Å². The fourth-order valence-electron chi connectivity index (χ4n) is 4.18. The number of anilines is 1. The van der Waals surface area contributed by atoms with Crippen molar-refractivity contribution in [3.05, 3.63) is 53.3 Å². The molecule has 0 saturated carbocycles. The Hall–Kier alpha value is -3.60. The SMILES string of the molecule is CCCCc1nc2c(N)nc3ccc(CN=C=O)cc3c2n1Cc1cc(OP(=O)(O)O)ccc1OP(=O)(O)O. The molecule has 0 aliphatic heterocycles. The standard InChI is InChI=1S/C23H25N5O9P2/c1-2-3-4-20-27-21-22(17-9-14(11-25-13-29)5-7-18(17)26-23(21)24)28(20)12-15-10-16(36-38(30,31)32)6-8-19(15)37-39(33,34)35/h5-10H,2-4,11-12H2,1H3,(H2,24,26)(H2,30,31,32)(H2,33,34,35). The average molecular weight is 577 g/mol. The highest BCUT2D eigenvalue weighted by molar-refractivity contribution is 7.47. The van der Waals surface area contributed by atoms with Gasteiger partial charge in [-0.05, 0) is 42.3 Å². The van der Waals surface area contributed by atoms with Crippen LogP contribution in [0.3, 0.4) is 0 Å². The Morgan fingerprint density at radius 2 is 1.79 bits per heavy atom. The van der Waals surface area contributed by atoms with Crippen LogP contribution in [0.2, 0.25) is 0 Å². The minimum atomic E-state index is -4.99. The van der Waals surface area contributed by atoms with Crippen LogP contribution in [0.5, 0.6) is 11.5 Å². The number of phosphoric acid groups is 2. The van der Waals surface area contributed by atoms with Gasteiger partial charge in [-0.25, -0.2) is 28.9 Å². The lowest BCUT2D eigenvalue weighted by Gasteiger charge is -2.17. The van der Waals surface area contributed by atoms with Crippen molar-refractivity contribution in [2.75, 3.05) is 5.73 Å². The molecular weight excluding hydrogens is 552 g/mol. The molecule has 206 valence electrons. The number of aryl methyl sites for hydroxylation is 1. The van der Waals surface area contributed by atoms with E-state index < -0.39 is 15.6 Å². The fourth-order valence-corrected chi connectivity index (χ4v) is 5.01. The van der Waals surface area contributed by atoms with Crippen LogP contribution in [0, 0.1) is 0 Å². The van der Waals surface area contributed by atoms with Gasteiger partial charge < -0.3 is 19.3 Å². The van der Waals surface area contributed by atoms with Crippen LogP contribution < -0.4 is 14.8 Å². The highest BCUT2D eigenvalue weighted by Gasteiger charge is 2.24. The van der Waals surface area contributed by atoms with Crippen LogP contribution >= 0.6 is 15.6 Å². The number of fused-ring (bicyclic) bond motifs is 3. The van der Waals surface area contributed by atoms with Gasteiger partial charge in [0.05, 0.1) is 24.1 Å². The van der Waals surface area contributed by atoms with Crippen molar-refractivity contribution >= 4 is 49.5 Å². The molecule has 0 amide bonds. The van der Waals surface area contributed by atoms with Gasteiger partial charge in [-0.1, -0.05) is 19.4 Å². The summed E-state index contributed by atoms with van der Waals surface area (Å²) in [5, 5.41) is 0.633. The van der Waals surface area contributed by atoms with Crippen LogP contribution in [0.15, 0.2) is 41.4 Å². The molecular formula is C23H25N5O9P2. The summed E-state index contributed by atoms with van der Waals surface area (Å²) < 4.78 is 34.4. The van der Waals surface area contributed by atoms with Crippen LogP contribution in [0.25, 0.3) is 21.9 Å². The predicted molar refractivity (Wildman–Crippen MR) is 141 cm³/mol. The number of isocyanates is 1. The molecule has 2 heterocycles. The molecule has 0 fully saturated rings. The van der Waals surface area contributed by atoms with E-state index in [0.717, 1.165) is 25.0 Å². The number of nitrogens with two attached hydrogens (primary N) is 1. The first-order chi connectivity index (χ1) is 18.4. The topological polar surface area (TPSA) is 220 Å². The maximum absolute atomic E-state index is 11.7. The van der Waals surface area contributed by atoms with E-state index in [0.29, 0.717) is 39.7 Å². The number of imidazole rings is 1. The number of carbonyl (C=O) groups excluding carboxylic acids is 1. The van der Waals surface area contributed by atoms with Crippen molar-refractivity contribution < 1.29 is 42.5 Å². The molecule has 0 saturated heterocycles. The van der Waals surface area contributed by atoms with Crippen molar-refractivity contribution in [2.45, 2.75) is 39.3 Å². The second kappa shape index (κ2) is 11.3. The lowest BCUT2D eigenvalue weighted by molar-refractivity contribution is 0.277. The molecule has 2 aromatic heterocycles. The Bertz CT molecular complexity index is 1690. The molecule has 0 atom stereocenters. The lowest BCUT2D eigenvalue weighted by Crippen LogP contribution is -2.08. The van der Waals surface area contributed by atoms with Crippen molar-refractivity contribution in [1.29, 1.82) is 0 Å². The van der Waals surface area contributed by atoms with Gasteiger partial charge in [-0.2, -0.15) is 0 Å². The first-order valence-electron chi connectivity index (χ1n) is 11.6. The maximum Gasteiger partial charge on any atom is 0.524 e. The molecule has 0 aliphatic rings. The zero-order valence-electron chi connectivity index (χ0n) is 20.6. The highest BCUT2D eigenvalue weighted by Crippen LogP contribution is 2.43. The van der Waals surface area contributed by atoms with Crippen LogP contribution in [-0.2, 0) is 33.4 Å². The Kier molecular flexibility index (Phi) is 8.20. The second-order valence-electron chi connectivity index (χ2n) is 8.60.